The summed E-state index contributed by atoms with van der Waals surface area (Å²) in [7, 11) is -0.571. The van der Waals surface area contributed by atoms with E-state index in [1.54, 1.807) is 50.5 Å². The second kappa shape index (κ2) is 15.2. The van der Waals surface area contributed by atoms with Gasteiger partial charge < -0.3 is 15.5 Å². The van der Waals surface area contributed by atoms with E-state index in [-0.39, 0.29) is 29.1 Å². The predicted octanol–water partition coefficient (Wildman–Crippen LogP) is 4.47. The van der Waals surface area contributed by atoms with Crippen LogP contribution in [0.5, 0.6) is 0 Å². The molecule has 3 amide bonds. The van der Waals surface area contributed by atoms with Crippen molar-refractivity contribution in [3.63, 3.8) is 0 Å². The molecule has 0 spiro atoms. The van der Waals surface area contributed by atoms with Crippen LogP contribution in [0.1, 0.15) is 72.1 Å². The Morgan fingerprint density at radius 1 is 0.911 bits per heavy atom. The number of hydrogen-bond acceptors (Lipinski definition) is 6. The Morgan fingerprint density at radius 3 is 1.96 bits per heavy atom. The highest BCUT2D eigenvalue weighted by atomic mass is 32.2. The van der Waals surface area contributed by atoms with Gasteiger partial charge in [0.2, 0.25) is 21.8 Å². The average molecular weight is 641 g/mol. The molecule has 248 valence electrons. The van der Waals surface area contributed by atoms with Crippen molar-refractivity contribution in [2.24, 2.45) is 11.3 Å². The lowest BCUT2D eigenvalue weighted by Gasteiger charge is -2.40. The number of carbonyl (C=O) groups excluding carboxylic acids is 3. The van der Waals surface area contributed by atoms with Crippen LogP contribution in [0.3, 0.4) is 0 Å². The number of nitrogens with one attached hydrogen (secondary N) is 3. The van der Waals surface area contributed by atoms with Crippen molar-refractivity contribution in [1.29, 1.82) is 0 Å². The second-order valence-electron chi connectivity index (χ2n) is 13.8. The van der Waals surface area contributed by atoms with Crippen molar-refractivity contribution < 1.29 is 22.8 Å². The maximum Gasteiger partial charge on any atom is 0.260 e. The maximum absolute atomic E-state index is 14.1. The smallest absolute Gasteiger partial charge is 0.260 e. The van der Waals surface area contributed by atoms with Gasteiger partial charge in [-0.1, -0.05) is 115 Å². The molecular weight excluding hydrogens is 588 g/mol. The lowest BCUT2D eigenvalue weighted by Crippen LogP contribution is -2.61. The molecule has 0 aliphatic rings. The minimum absolute atomic E-state index is 0.121. The van der Waals surface area contributed by atoms with Gasteiger partial charge in [-0.25, -0.2) is 13.1 Å². The van der Waals surface area contributed by atoms with Crippen LogP contribution >= 0.6 is 0 Å². The van der Waals surface area contributed by atoms with Crippen molar-refractivity contribution in [2.45, 2.75) is 91.6 Å². The van der Waals surface area contributed by atoms with Crippen molar-refractivity contribution in [2.75, 3.05) is 14.1 Å². The number of benzene rings is 2. The number of sulfonamides is 1. The number of rotatable bonds is 13. The molecule has 2 aromatic carbocycles. The number of amides is 3. The van der Waals surface area contributed by atoms with Crippen LogP contribution in [0.25, 0.3) is 0 Å². The predicted molar refractivity (Wildman–Crippen MR) is 181 cm³/mol. The first-order chi connectivity index (χ1) is 20.7. The first-order valence-corrected chi connectivity index (χ1v) is 16.9. The van der Waals surface area contributed by atoms with Gasteiger partial charge in [0.25, 0.3) is 5.91 Å². The Labute approximate surface area is 270 Å². The highest BCUT2D eigenvalue weighted by Gasteiger charge is 2.41. The highest BCUT2D eigenvalue weighted by molar-refractivity contribution is 7.89. The van der Waals surface area contributed by atoms with E-state index in [4.69, 9.17) is 0 Å². The summed E-state index contributed by atoms with van der Waals surface area (Å²) < 4.78 is 27.5. The molecule has 0 aliphatic heterocycles. The van der Waals surface area contributed by atoms with Gasteiger partial charge in [0.05, 0.1) is 17.8 Å². The molecule has 0 heterocycles. The largest absolute Gasteiger partial charge is 0.342 e. The lowest BCUT2D eigenvalue weighted by molar-refractivity contribution is -0.140. The van der Waals surface area contributed by atoms with Crippen LogP contribution in [0.2, 0.25) is 0 Å². The molecule has 0 aromatic heterocycles. The summed E-state index contributed by atoms with van der Waals surface area (Å²) in [5.41, 5.74) is 1.61. The SMILES string of the molecule is CN[C@H](C(=O)N[C@H](C(=O)N(C)[C@H](/C=C(\C)C(=O)NS(=O)(=O)Cc1ccccc1)C(C)C)C(C)(C)C)C(C)(C)c1ccc(C)cc1. The van der Waals surface area contributed by atoms with Crippen molar-refractivity contribution >= 4 is 27.7 Å². The van der Waals surface area contributed by atoms with E-state index >= 15 is 0 Å². The fraction of sp³-hybridized carbons (Fsp3) is 0.514. The third-order valence-electron chi connectivity index (χ3n) is 8.17. The Hall–Kier alpha value is -3.50. The van der Waals surface area contributed by atoms with Gasteiger partial charge in [-0.15, -0.1) is 0 Å². The highest BCUT2D eigenvalue weighted by Crippen LogP contribution is 2.29. The fourth-order valence-corrected chi connectivity index (χ4v) is 6.48. The number of nitrogens with zero attached hydrogens (tertiary/aromatic N) is 1. The number of carbonyl (C=O) groups is 3. The van der Waals surface area contributed by atoms with Gasteiger partial charge in [-0.2, -0.15) is 0 Å². The molecule has 0 bridgehead atoms. The van der Waals surface area contributed by atoms with Gasteiger partial charge in [-0.05, 0) is 43.4 Å². The molecule has 2 aromatic rings. The first-order valence-electron chi connectivity index (χ1n) is 15.3. The van der Waals surface area contributed by atoms with E-state index in [2.05, 4.69) is 15.4 Å². The summed E-state index contributed by atoms with van der Waals surface area (Å²) in [5, 5.41) is 6.18. The Morgan fingerprint density at radius 2 is 1.47 bits per heavy atom. The van der Waals surface area contributed by atoms with E-state index in [0.29, 0.717) is 5.56 Å². The van der Waals surface area contributed by atoms with Crippen molar-refractivity contribution in [3.05, 3.63) is 82.9 Å². The molecule has 0 fully saturated rings. The van der Waals surface area contributed by atoms with Gasteiger partial charge >= 0.3 is 0 Å². The Balaban J connectivity index is 2.30. The first kappa shape index (κ1) is 37.7. The van der Waals surface area contributed by atoms with Crippen LogP contribution in [0.4, 0.5) is 0 Å². The van der Waals surface area contributed by atoms with Crippen LogP contribution in [-0.4, -0.2) is 63.3 Å². The summed E-state index contributed by atoms with van der Waals surface area (Å²) in [5.74, 6) is -1.84. The van der Waals surface area contributed by atoms with Gasteiger partial charge in [0, 0.05) is 18.0 Å². The standard InChI is InChI=1S/C35H52N4O5S/c1-23(2)28(21-25(4)31(40)38-45(43,44)22-26-15-13-12-14-16-26)39(11)33(42)30(34(5,6)7)37-32(41)29(36-10)35(8,9)27-19-17-24(3)18-20-27/h12-21,23,28-30,36H,22H2,1-11H3,(H,37,41)(H,38,40)/b25-21+/t28-,29-,30-/m1/s1. The second-order valence-corrected chi connectivity index (χ2v) is 15.5. The molecule has 45 heavy (non-hydrogen) atoms. The quantitative estimate of drug-likeness (QED) is 0.278. The monoisotopic (exact) mass is 640 g/mol. The average Bonchev–Trinajstić information content (AvgIpc) is 2.93. The lowest BCUT2D eigenvalue weighted by atomic mass is 9.76. The molecule has 0 radical (unpaired) electrons. The van der Waals surface area contributed by atoms with Crippen LogP contribution in [0, 0.1) is 18.3 Å². The van der Waals surface area contributed by atoms with Crippen molar-refractivity contribution in [1.82, 2.24) is 20.3 Å². The molecule has 3 N–H and O–H groups in total. The summed E-state index contributed by atoms with van der Waals surface area (Å²) in [6, 6.07) is 14.6. The molecule has 0 aliphatic carbocycles. The van der Waals surface area contributed by atoms with Crippen LogP contribution in [0.15, 0.2) is 66.2 Å². The number of hydrogen-bond donors (Lipinski definition) is 3. The maximum atomic E-state index is 14.1. The Bertz CT molecular complexity index is 1460. The molecule has 0 saturated heterocycles. The van der Waals surface area contributed by atoms with Crippen molar-refractivity contribution in [3.8, 4) is 0 Å². The van der Waals surface area contributed by atoms with E-state index in [0.717, 1.165) is 11.1 Å². The molecule has 2 rings (SSSR count). The third kappa shape index (κ3) is 10.3. The van der Waals surface area contributed by atoms with E-state index < -0.39 is 44.9 Å². The fourth-order valence-electron chi connectivity index (χ4n) is 5.33. The summed E-state index contributed by atoms with van der Waals surface area (Å²) in [4.78, 5) is 42.4. The molecular formula is C35H52N4O5S. The van der Waals surface area contributed by atoms with E-state index in [1.165, 1.54) is 11.8 Å². The zero-order valence-electron chi connectivity index (χ0n) is 28.7. The van der Waals surface area contributed by atoms with Crippen LogP contribution < -0.4 is 15.4 Å². The molecule has 9 nitrogen and oxygen atoms in total. The molecule has 0 unspecified atom stereocenters. The Kier molecular flexibility index (Phi) is 12.7. The van der Waals surface area contributed by atoms with E-state index in [1.807, 2.05) is 79.7 Å². The molecule has 0 saturated carbocycles. The van der Waals surface area contributed by atoms with Crippen LogP contribution in [-0.2, 0) is 35.6 Å². The summed E-state index contributed by atoms with van der Waals surface area (Å²) in [6.07, 6.45) is 1.61. The third-order valence-corrected chi connectivity index (χ3v) is 9.38. The summed E-state index contributed by atoms with van der Waals surface area (Å²) in [6.45, 7) is 17.0. The zero-order chi connectivity index (χ0) is 34.3. The van der Waals surface area contributed by atoms with Gasteiger partial charge in [0.1, 0.15) is 6.04 Å². The molecule has 10 heteroatoms. The minimum Gasteiger partial charge on any atom is -0.342 e. The van der Waals surface area contributed by atoms with Gasteiger partial charge in [-0.3, -0.25) is 14.4 Å². The van der Waals surface area contributed by atoms with E-state index in [9.17, 15) is 22.8 Å². The minimum atomic E-state index is -3.94. The van der Waals surface area contributed by atoms with Gasteiger partial charge in [0.15, 0.2) is 0 Å². The topological polar surface area (TPSA) is 125 Å². The molecule has 3 atom stereocenters. The number of likely N-dealkylation sites (N-methyl/N-ethyl adjacent to an activating group) is 2. The zero-order valence-corrected chi connectivity index (χ0v) is 29.5. The summed E-state index contributed by atoms with van der Waals surface area (Å²) >= 11 is 0. The number of aryl methyl sites for hydroxylation is 1. The normalized spacial score (nSPS) is 14.8.